The van der Waals surface area contributed by atoms with Gasteiger partial charge in [0.25, 0.3) is 5.91 Å². The zero-order valence-corrected chi connectivity index (χ0v) is 18.4. The van der Waals surface area contributed by atoms with Crippen molar-refractivity contribution in [2.45, 2.75) is 25.7 Å². The molecule has 3 rings (SSSR count). The molecule has 1 heterocycles. The Morgan fingerprint density at radius 3 is 2.50 bits per heavy atom. The van der Waals surface area contributed by atoms with E-state index in [4.69, 9.17) is 0 Å². The summed E-state index contributed by atoms with van der Waals surface area (Å²) in [6.45, 7) is 6.06. The van der Waals surface area contributed by atoms with Crippen LogP contribution in [0, 0.1) is 6.92 Å². The molecule has 3 aromatic rings. The highest BCUT2D eigenvalue weighted by molar-refractivity contribution is 7.89. The van der Waals surface area contributed by atoms with Crippen LogP contribution in [0.4, 0.5) is 5.69 Å². The molecule has 2 aromatic carbocycles. The normalized spacial score (nSPS) is 11.6. The molecule has 0 saturated carbocycles. The second-order valence-electron chi connectivity index (χ2n) is 6.97. The van der Waals surface area contributed by atoms with Gasteiger partial charge in [-0.2, -0.15) is 4.31 Å². The first kappa shape index (κ1) is 21.7. The number of sulfonamides is 1. The molecule has 0 saturated heterocycles. The van der Waals surface area contributed by atoms with Crippen LogP contribution in [0.5, 0.6) is 0 Å². The predicted molar refractivity (Wildman–Crippen MR) is 118 cm³/mol. The molecule has 0 aliphatic heterocycles. The maximum Gasteiger partial charge on any atom is 0.255 e. The van der Waals surface area contributed by atoms with Crippen molar-refractivity contribution >= 4 is 21.6 Å². The van der Waals surface area contributed by atoms with Gasteiger partial charge in [0.1, 0.15) is 5.82 Å². The zero-order valence-electron chi connectivity index (χ0n) is 17.6. The van der Waals surface area contributed by atoms with E-state index in [-0.39, 0.29) is 16.4 Å². The van der Waals surface area contributed by atoms with Crippen molar-refractivity contribution in [1.82, 2.24) is 13.9 Å². The van der Waals surface area contributed by atoms with E-state index in [2.05, 4.69) is 10.3 Å². The Bertz CT molecular complexity index is 1160. The highest BCUT2D eigenvalue weighted by atomic mass is 32.2. The monoisotopic (exact) mass is 426 g/mol. The molecule has 0 bridgehead atoms. The van der Waals surface area contributed by atoms with Gasteiger partial charge in [-0.3, -0.25) is 4.79 Å². The number of carbonyl (C=O) groups excluding carboxylic acids is 1. The third-order valence-corrected chi connectivity index (χ3v) is 7.17. The van der Waals surface area contributed by atoms with E-state index in [0.717, 1.165) is 11.4 Å². The van der Waals surface area contributed by atoms with E-state index < -0.39 is 10.0 Å². The van der Waals surface area contributed by atoms with Gasteiger partial charge in [-0.15, -0.1) is 0 Å². The fourth-order valence-electron chi connectivity index (χ4n) is 3.30. The highest BCUT2D eigenvalue weighted by Gasteiger charge is 2.24. The molecule has 0 atom stereocenters. The summed E-state index contributed by atoms with van der Waals surface area (Å²) in [6.07, 6.45) is 3.56. The summed E-state index contributed by atoms with van der Waals surface area (Å²) in [4.78, 5) is 17.3. The van der Waals surface area contributed by atoms with Gasteiger partial charge >= 0.3 is 0 Å². The molecule has 30 heavy (non-hydrogen) atoms. The minimum Gasteiger partial charge on any atom is -0.334 e. The largest absolute Gasteiger partial charge is 0.334 e. The van der Waals surface area contributed by atoms with Gasteiger partial charge in [-0.25, -0.2) is 13.4 Å². The third kappa shape index (κ3) is 4.29. The summed E-state index contributed by atoms with van der Waals surface area (Å²) in [5, 5.41) is 2.85. The van der Waals surface area contributed by atoms with E-state index in [1.165, 1.54) is 10.4 Å². The van der Waals surface area contributed by atoms with Crippen LogP contribution in [0.1, 0.15) is 29.8 Å². The number of nitrogens with one attached hydrogen (secondary N) is 1. The first-order valence-corrected chi connectivity index (χ1v) is 11.2. The molecule has 1 aromatic heterocycles. The fraction of sp³-hybridized carbons (Fsp3) is 0.273. The zero-order chi connectivity index (χ0) is 21.9. The maximum absolute atomic E-state index is 12.9. The number of aryl methyl sites for hydroxylation is 2. The number of hydrogen-bond donors (Lipinski definition) is 1. The molecule has 1 amide bonds. The van der Waals surface area contributed by atoms with Crippen molar-refractivity contribution in [1.29, 1.82) is 0 Å². The Morgan fingerprint density at radius 1 is 1.13 bits per heavy atom. The summed E-state index contributed by atoms with van der Waals surface area (Å²) >= 11 is 0. The number of amides is 1. The Hall–Kier alpha value is -2.97. The number of rotatable bonds is 7. The van der Waals surface area contributed by atoms with E-state index in [0.29, 0.717) is 24.3 Å². The standard InChI is InChI=1S/C22H26N4O3S/c1-5-26(6-2)30(28,29)20-15-18(11-10-16(20)3)22(27)24-19-9-7-8-17(14-19)21-23-12-13-25(21)4/h7-15H,5-6H2,1-4H3,(H,24,27). The SMILES string of the molecule is CCN(CC)S(=O)(=O)c1cc(C(=O)Nc2cccc(-c3nccn3C)c2)ccc1C. The lowest BCUT2D eigenvalue weighted by molar-refractivity contribution is 0.102. The Balaban J connectivity index is 1.89. The minimum atomic E-state index is -3.66. The molecular formula is C22H26N4O3S. The van der Waals surface area contributed by atoms with Gasteiger partial charge < -0.3 is 9.88 Å². The van der Waals surface area contributed by atoms with E-state index in [1.807, 2.05) is 36.0 Å². The summed E-state index contributed by atoms with van der Waals surface area (Å²) in [5.41, 5.74) is 2.37. The number of carbonyl (C=O) groups is 1. The van der Waals surface area contributed by atoms with E-state index in [1.54, 1.807) is 45.2 Å². The molecule has 0 aliphatic rings. The number of hydrogen-bond acceptors (Lipinski definition) is 4. The van der Waals surface area contributed by atoms with Crippen LogP contribution in [0.25, 0.3) is 11.4 Å². The number of benzene rings is 2. The van der Waals surface area contributed by atoms with Crippen molar-refractivity contribution in [2.24, 2.45) is 7.05 Å². The average Bonchev–Trinajstić information content (AvgIpc) is 3.15. The second kappa shape index (κ2) is 8.81. The van der Waals surface area contributed by atoms with Crippen LogP contribution < -0.4 is 5.32 Å². The Labute approximate surface area is 177 Å². The average molecular weight is 427 g/mol. The quantitative estimate of drug-likeness (QED) is 0.625. The lowest BCUT2D eigenvalue weighted by Crippen LogP contribution is -2.31. The highest BCUT2D eigenvalue weighted by Crippen LogP contribution is 2.24. The summed E-state index contributed by atoms with van der Waals surface area (Å²) in [7, 11) is -1.76. The smallest absolute Gasteiger partial charge is 0.255 e. The molecule has 0 fully saturated rings. The Kier molecular flexibility index (Phi) is 6.38. The predicted octanol–water partition coefficient (Wildman–Crippen LogP) is 3.68. The van der Waals surface area contributed by atoms with Crippen LogP contribution in [-0.2, 0) is 17.1 Å². The molecule has 1 N–H and O–H groups in total. The van der Waals surface area contributed by atoms with Gasteiger partial charge in [-0.05, 0) is 36.8 Å². The number of aromatic nitrogens is 2. The molecule has 0 radical (unpaired) electrons. The fourth-order valence-corrected chi connectivity index (χ4v) is 5.01. The minimum absolute atomic E-state index is 0.153. The van der Waals surface area contributed by atoms with Gasteiger partial charge in [0.05, 0.1) is 4.90 Å². The molecule has 0 spiro atoms. The van der Waals surface area contributed by atoms with Crippen LogP contribution >= 0.6 is 0 Å². The maximum atomic E-state index is 12.9. The van der Waals surface area contributed by atoms with Crippen molar-refractivity contribution in [3.8, 4) is 11.4 Å². The van der Waals surface area contributed by atoms with E-state index >= 15 is 0 Å². The number of nitrogens with zero attached hydrogens (tertiary/aromatic N) is 3. The van der Waals surface area contributed by atoms with Gasteiger partial charge in [0.15, 0.2) is 0 Å². The molecule has 158 valence electrons. The molecule has 0 aliphatic carbocycles. The van der Waals surface area contributed by atoms with Gasteiger partial charge in [-0.1, -0.05) is 32.0 Å². The second-order valence-corrected chi connectivity index (χ2v) is 8.87. The molecule has 0 unspecified atom stereocenters. The Morgan fingerprint density at radius 2 is 1.87 bits per heavy atom. The summed E-state index contributed by atoms with van der Waals surface area (Å²) in [5.74, 6) is 0.414. The van der Waals surface area contributed by atoms with Crippen LogP contribution in [0.15, 0.2) is 59.8 Å². The van der Waals surface area contributed by atoms with Crippen LogP contribution in [-0.4, -0.2) is 41.3 Å². The summed E-state index contributed by atoms with van der Waals surface area (Å²) in [6, 6.07) is 12.1. The number of imidazole rings is 1. The van der Waals surface area contributed by atoms with Crippen LogP contribution in [0.2, 0.25) is 0 Å². The third-order valence-electron chi connectivity index (χ3n) is 4.97. The topological polar surface area (TPSA) is 84.3 Å². The lowest BCUT2D eigenvalue weighted by Gasteiger charge is -2.20. The van der Waals surface area contributed by atoms with Gasteiger partial charge in [0.2, 0.25) is 10.0 Å². The first-order chi connectivity index (χ1) is 14.3. The van der Waals surface area contributed by atoms with Gasteiger partial charge in [0, 0.05) is 49.3 Å². The van der Waals surface area contributed by atoms with Crippen LogP contribution in [0.3, 0.4) is 0 Å². The van der Waals surface area contributed by atoms with Crippen molar-refractivity contribution < 1.29 is 13.2 Å². The molecule has 8 heteroatoms. The lowest BCUT2D eigenvalue weighted by atomic mass is 10.1. The molecule has 7 nitrogen and oxygen atoms in total. The van der Waals surface area contributed by atoms with E-state index in [9.17, 15) is 13.2 Å². The molecular weight excluding hydrogens is 400 g/mol. The van der Waals surface area contributed by atoms with Crippen molar-refractivity contribution in [3.05, 3.63) is 66.0 Å². The first-order valence-electron chi connectivity index (χ1n) is 9.77. The van der Waals surface area contributed by atoms with Crippen molar-refractivity contribution in [2.75, 3.05) is 18.4 Å². The van der Waals surface area contributed by atoms with Crippen molar-refractivity contribution in [3.63, 3.8) is 0 Å². The number of anilines is 1. The summed E-state index contributed by atoms with van der Waals surface area (Å²) < 4.78 is 29.2.